The lowest BCUT2D eigenvalue weighted by molar-refractivity contribution is 0.0936. The van der Waals surface area contributed by atoms with E-state index in [9.17, 15) is 14.7 Å². The quantitative estimate of drug-likeness (QED) is 0.826. The van der Waals surface area contributed by atoms with Gasteiger partial charge in [0.15, 0.2) is 0 Å². The van der Waals surface area contributed by atoms with Gasteiger partial charge in [-0.25, -0.2) is 0 Å². The van der Waals surface area contributed by atoms with Gasteiger partial charge in [-0.2, -0.15) is 0 Å². The molecular formula is C17H25N3O3. The number of amides is 1. The molecule has 23 heavy (non-hydrogen) atoms. The van der Waals surface area contributed by atoms with Gasteiger partial charge in [-0.3, -0.25) is 14.5 Å². The normalized spacial score (nSPS) is 24.5. The Morgan fingerprint density at radius 2 is 2.09 bits per heavy atom. The summed E-state index contributed by atoms with van der Waals surface area (Å²) in [5.74, 6) is -0.295. The first-order chi connectivity index (χ1) is 11.0. The van der Waals surface area contributed by atoms with Gasteiger partial charge < -0.3 is 15.0 Å². The highest BCUT2D eigenvalue weighted by Crippen LogP contribution is 2.20. The molecule has 0 saturated carbocycles. The number of likely N-dealkylation sites (N-methyl/N-ethyl adjacent to an activating group) is 1. The number of aliphatic hydroxyl groups is 1. The topological polar surface area (TPSA) is 74.6 Å². The average molecular weight is 319 g/mol. The van der Waals surface area contributed by atoms with E-state index in [0.717, 1.165) is 36.9 Å². The van der Waals surface area contributed by atoms with Crippen LogP contribution in [0.4, 0.5) is 0 Å². The molecule has 1 aromatic heterocycles. The summed E-state index contributed by atoms with van der Waals surface area (Å²) in [6.45, 7) is 0.783. The molecule has 2 atom stereocenters. The maximum absolute atomic E-state index is 12.6. The molecule has 6 heteroatoms. The molecule has 0 aromatic carbocycles. The zero-order valence-electron chi connectivity index (χ0n) is 13.8. The Kier molecular flexibility index (Phi) is 4.55. The number of pyridine rings is 1. The van der Waals surface area contributed by atoms with Crippen molar-refractivity contribution in [3.63, 3.8) is 0 Å². The minimum Gasteiger partial charge on any atom is -0.395 e. The van der Waals surface area contributed by atoms with Crippen molar-refractivity contribution < 1.29 is 9.90 Å². The molecule has 0 radical (unpaired) electrons. The number of aryl methyl sites for hydroxylation is 1. The summed E-state index contributed by atoms with van der Waals surface area (Å²) >= 11 is 0. The van der Waals surface area contributed by atoms with Crippen LogP contribution >= 0.6 is 0 Å². The number of aliphatic hydroxyl groups excluding tert-OH is 1. The van der Waals surface area contributed by atoms with E-state index in [2.05, 4.69) is 5.32 Å². The number of nitrogens with zero attached hydrogens (tertiary/aromatic N) is 2. The zero-order valence-corrected chi connectivity index (χ0v) is 13.8. The van der Waals surface area contributed by atoms with Crippen LogP contribution in [0.5, 0.6) is 0 Å². The van der Waals surface area contributed by atoms with Gasteiger partial charge in [0.05, 0.1) is 6.61 Å². The minimum absolute atomic E-state index is 0.0228. The predicted octanol–water partition coefficient (Wildman–Crippen LogP) is 0.0589. The molecule has 6 nitrogen and oxygen atoms in total. The van der Waals surface area contributed by atoms with Crippen molar-refractivity contribution in [3.05, 3.63) is 33.2 Å². The van der Waals surface area contributed by atoms with Crippen LogP contribution in [-0.2, 0) is 19.9 Å². The second-order valence-electron chi connectivity index (χ2n) is 6.78. The highest BCUT2D eigenvalue weighted by molar-refractivity contribution is 5.94. The summed E-state index contributed by atoms with van der Waals surface area (Å²) in [5.41, 5.74) is 2.22. The fourth-order valence-corrected chi connectivity index (χ4v) is 3.81. The van der Waals surface area contributed by atoms with Crippen LogP contribution < -0.4 is 10.9 Å². The lowest BCUT2D eigenvalue weighted by Crippen LogP contribution is -2.40. The molecule has 1 aliphatic carbocycles. The standard InChI is InChI=1S/C17H25N3O3/c1-19-9-12(8-13(19)10-21)18-16(22)14-7-11-5-3-4-6-15(11)20(2)17(14)23/h7,12-13,21H,3-6,8-10H2,1-2H3,(H,18,22)/t12-,13+/m1/s1. The highest BCUT2D eigenvalue weighted by Gasteiger charge is 2.30. The lowest BCUT2D eigenvalue weighted by Gasteiger charge is -2.20. The molecule has 0 bridgehead atoms. The van der Waals surface area contributed by atoms with E-state index < -0.39 is 0 Å². The van der Waals surface area contributed by atoms with Crippen LogP contribution in [0, 0.1) is 0 Å². The molecule has 126 valence electrons. The third kappa shape index (κ3) is 3.05. The fourth-order valence-electron chi connectivity index (χ4n) is 3.81. The van der Waals surface area contributed by atoms with E-state index in [1.807, 2.05) is 11.9 Å². The summed E-state index contributed by atoms with van der Waals surface area (Å²) in [7, 11) is 3.69. The molecule has 1 saturated heterocycles. The lowest BCUT2D eigenvalue weighted by atomic mass is 9.94. The van der Waals surface area contributed by atoms with Gasteiger partial charge in [0.2, 0.25) is 0 Å². The van der Waals surface area contributed by atoms with Crippen LogP contribution in [0.25, 0.3) is 0 Å². The smallest absolute Gasteiger partial charge is 0.263 e. The number of fused-ring (bicyclic) bond motifs is 1. The van der Waals surface area contributed by atoms with E-state index in [1.54, 1.807) is 17.7 Å². The highest BCUT2D eigenvalue weighted by atomic mass is 16.3. The van der Waals surface area contributed by atoms with Crippen LogP contribution in [-0.4, -0.2) is 52.8 Å². The zero-order chi connectivity index (χ0) is 16.6. The maximum atomic E-state index is 12.6. The van der Waals surface area contributed by atoms with Gasteiger partial charge in [-0.05, 0) is 50.8 Å². The number of aromatic nitrogens is 1. The Labute approximate surface area is 136 Å². The van der Waals surface area contributed by atoms with E-state index in [4.69, 9.17) is 0 Å². The molecular weight excluding hydrogens is 294 g/mol. The Hall–Kier alpha value is -1.66. The molecule has 0 unspecified atom stereocenters. The number of nitrogens with one attached hydrogen (secondary N) is 1. The largest absolute Gasteiger partial charge is 0.395 e. The van der Waals surface area contributed by atoms with Crippen LogP contribution in [0.2, 0.25) is 0 Å². The van der Waals surface area contributed by atoms with Gasteiger partial charge >= 0.3 is 0 Å². The van der Waals surface area contributed by atoms with Crippen LogP contribution in [0.3, 0.4) is 0 Å². The van der Waals surface area contributed by atoms with Gasteiger partial charge in [0, 0.05) is 31.4 Å². The van der Waals surface area contributed by atoms with Crippen molar-refractivity contribution >= 4 is 5.91 Å². The monoisotopic (exact) mass is 319 g/mol. The van der Waals surface area contributed by atoms with Crippen molar-refractivity contribution in [1.82, 2.24) is 14.8 Å². The third-order valence-electron chi connectivity index (χ3n) is 5.22. The molecule has 1 amide bonds. The summed E-state index contributed by atoms with van der Waals surface area (Å²) < 4.78 is 1.64. The van der Waals surface area contributed by atoms with Gasteiger partial charge in [-0.15, -0.1) is 0 Å². The van der Waals surface area contributed by atoms with Crippen LogP contribution in [0.15, 0.2) is 10.9 Å². The molecule has 1 aliphatic heterocycles. The van der Waals surface area contributed by atoms with E-state index in [0.29, 0.717) is 13.0 Å². The summed E-state index contributed by atoms with van der Waals surface area (Å²) in [6, 6.07) is 1.84. The maximum Gasteiger partial charge on any atom is 0.263 e. The van der Waals surface area contributed by atoms with Crippen molar-refractivity contribution in [2.75, 3.05) is 20.2 Å². The van der Waals surface area contributed by atoms with Crippen molar-refractivity contribution in [1.29, 1.82) is 0 Å². The minimum atomic E-state index is -0.295. The van der Waals surface area contributed by atoms with Gasteiger partial charge in [-0.1, -0.05) is 0 Å². The Morgan fingerprint density at radius 3 is 2.78 bits per heavy atom. The molecule has 1 aromatic rings. The van der Waals surface area contributed by atoms with E-state index in [1.165, 1.54) is 0 Å². The summed E-state index contributed by atoms with van der Waals surface area (Å²) in [5, 5.41) is 12.3. The summed E-state index contributed by atoms with van der Waals surface area (Å²) in [4.78, 5) is 27.1. The van der Waals surface area contributed by atoms with Crippen LogP contribution in [0.1, 0.15) is 40.9 Å². The Morgan fingerprint density at radius 1 is 1.35 bits per heavy atom. The Bertz CT molecular complexity index is 668. The van der Waals surface area contributed by atoms with Crippen molar-refractivity contribution in [2.24, 2.45) is 7.05 Å². The molecule has 2 N–H and O–H groups in total. The van der Waals surface area contributed by atoms with Crippen molar-refractivity contribution in [3.8, 4) is 0 Å². The van der Waals surface area contributed by atoms with Gasteiger partial charge in [0.25, 0.3) is 11.5 Å². The van der Waals surface area contributed by atoms with E-state index >= 15 is 0 Å². The second-order valence-corrected chi connectivity index (χ2v) is 6.78. The molecule has 2 heterocycles. The molecule has 3 rings (SSSR count). The Balaban J connectivity index is 1.80. The average Bonchev–Trinajstić information content (AvgIpc) is 2.90. The van der Waals surface area contributed by atoms with E-state index in [-0.39, 0.29) is 35.7 Å². The first-order valence-corrected chi connectivity index (χ1v) is 8.35. The summed E-state index contributed by atoms with van der Waals surface area (Å²) in [6.07, 6.45) is 4.77. The van der Waals surface area contributed by atoms with Crippen molar-refractivity contribution in [2.45, 2.75) is 44.2 Å². The molecule has 2 aliphatic rings. The third-order valence-corrected chi connectivity index (χ3v) is 5.22. The first kappa shape index (κ1) is 16.2. The molecule has 1 fully saturated rings. The molecule has 0 spiro atoms. The number of rotatable bonds is 3. The number of likely N-dealkylation sites (tertiary alicyclic amines) is 1. The number of carbonyl (C=O) groups excluding carboxylic acids is 1. The van der Waals surface area contributed by atoms with Gasteiger partial charge in [0.1, 0.15) is 5.56 Å². The SMILES string of the molecule is CN1C[C@H](NC(=O)c2cc3c(n(C)c2=O)CCCC3)C[C@H]1CO. The number of carbonyl (C=O) groups is 1. The first-order valence-electron chi connectivity index (χ1n) is 8.35. The number of hydrogen-bond acceptors (Lipinski definition) is 4. The fraction of sp³-hybridized carbons (Fsp3) is 0.647. The second kappa shape index (κ2) is 6.45. The number of hydrogen-bond donors (Lipinski definition) is 2. The predicted molar refractivity (Wildman–Crippen MR) is 87.7 cm³/mol.